The van der Waals surface area contributed by atoms with Crippen LogP contribution in [-0.2, 0) is 5.41 Å². The molecule has 1 aromatic carbocycles. The van der Waals surface area contributed by atoms with Crippen LogP contribution in [0.15, 0.2) is 12.1 Å². The van der Waals surface area contributed by atoms with E-state index >= 15 is 0 Å². The van der Waals surface area contributed by atoms with Crippen LogP contribution >= 0.6 is 0 Å². The monoisotopic (exact) mass is 229 g/mol. The first kappa shape index (κ1) is 12.4. The highest BCUT2D eigenvalue weighted by molar-refractivity contribution is 5.53. The van der Waals surface area contributed by atoms with Gasteiger partial charge in [0, 0.05) is 11.0 Å². The molecule has 88 valence electrons. The summed E-state index contributed by atoms with van der Waals surface area (Å²) in [7, 11) is 0. The van der Waals surface area contributed by atoms with E-state index in [9.17, 15) is 19.6 Å². The van der Waals surface area contributed by atoms with Crippen molar-refractivity contribution in [2.45, 2.75) is 19.3 Å². The molecule has 6 heteroatoms. The number of nitrogens with zero attached hydrogens (tertiary/aromatic N) is 1. The molecule has 0 amide bonds. The third-order valence-corrected chi connectivity index (χ3v) is 2.38. The van der Waals surface area contributed by atoms with Gasteiger partial charge in [0.15, 0.2) is 5.75 Å². The summed E-state index contributed by atoms with van der Waals surface area (Å²) in [6.07, 6.45) is 0. The molecule has 0 saturated carbocycles. The average Bonchev–Trinajstić information content (AvgIpc) is 2.20. The molecule has 1 rings (SSSR count). The number of benzene rings is 1. The Balaban J connectivity index is 3.47. The second kappa shape index (κ2) is 4.05. The van der Waals surface area contributed by atoms with Crippen molar-refractivity contribution in [1.82, 2.24) is 0 Å². The number of aliphatic hydroxyl groups excluding tert-OH is 1. The van der Waals surface area contributed by atoms with Crippen LogP contribution in [0.5, 0.6) is 5.75 Å². The van der Waals surface area contributed by atoms with Crippen LogP contribution in [0.2, 0.25) is 0 Å². The quantitative estimate of drug-likeness (QED) is 0.610. The average molecular weight is 229 g/mol. The molecular weight excluding hydrogens is 217 g/mol. The number of nitro benzene ring substituents is 1. The van der Waals surface area contributed by atoms with Gasteiger partial charge < -0.3 is 10.2 Å². The van der Waals surface area contributed by atoms with Gasteiger partial charge >= 0.3 is 5.69 Å². The van der Waals surface area contributed by atoms with Crippen LogP contribution in [0.3, 0.4) is 0 Å². The minimum atomic E-state index is -0.947. The Morgan fingerprint density at radius 1 is 1.50 bits per heavy atom. The molecule has 2 N–H and O–H groups in total. The summed E-state index contributed by atoms with van der Waals surface area (Å²) in [6, 6.07) is 1.63. The molecule has 0 aromatic heterocycles. The minimum absolute atomic E-state index is 0.0155. The standard InChI is InChI=1S/C10H12FNO4/c1-10(2,5-13)7-3-6(11)4-8(9(7)14)12(15)16/h3-4,13-14H,5H2,1-2H3. The van der Waals surface area contributed by atoms with Crippen LogP contribution in [0, 0.1) is 15.9 Å². The molecule has 0 fully saturated rings. The van der Waals surface area contributed by atoms with E-state index < -0.39 is 27.6 Å². The molecule has 5 nitrogen and oxygen atoms in total. The highest BCUT2D eigenvalue weighted by Crippen LogP contribution is 2.37. The lowest BCUT2D eigenvalue weighted by atomic mass is 9.84. The molecule has 0 saturated heterocycles. The lowest BCUT2D eigenvalue weighted by molar-refractivity contribution is -0.386. The third kappa shape index (κ3) is 2.11. The Bertz CT molecular complexity index is 431. The Labute approximate surface area is 91.3 Å². The Kier molecular flexibility index (Phi) is 3.14. The second-order valence-electron chi connectivity index (χ2n) is 4.12. The zero-order chi connectivity index (χ0) is 12.5. The van der Waals surface area contributed by atoms with E-state index in [1.165, 1.54) is 0 Å². The molecular formula is C10H12FNO4. The zero-order valence-electron chi connectivity index (χ0n) is 8.90. The van der Waals surface area contributed by atoms with Gasteiger partial charge in [0.2, 0.25) is 0 Å². The fourth-order valence-corrected chi connectivity index (χ4v) is 1.33. The van der Waals surface area contributed by atoms with Crippen LogP contribution in [-0.4, -0.2) is 21.7 Å². The SMILES string of the molecule is CC(C)(CO)c1cc(F)cc([N+](=O)[O-])c1O. The minimum Gasteiger partial charge on any atom is -0.502 e. The molecule has 0 radical (unpaired) electrons. The summed E-state index contributed by atoms with van der Waals surface area (Å²) < 4.78 is 13.1. The third-order valence-electron chi connectivity index (χ3n) is 2.38. The number of phenolic OH excluding ortho intramolecular Hbond substituents is 1. The molecule has 0 aliphatic heterocycles. The van der Waals surface area contributed by atoms with Gasteiger partial charge in [-0.1, -0.05) is 13.8 Å². The highest BCUT2D eigenvalue weighted by Gasteiger charge is 2.29. The smallest absolute Gasteiger partial charge is 0.313 e. The summed E-state index contributed by atoms with van der Waals surface area (Å²) in [5, 5.41) is 29.3. The number of halogens is 1. The van der Waals surface area contributed by atoms with Crippen molar-refractivity contribution in [1.29, 1.82) is 0 Å². The Morgan fingerprint density at radius 3 is 2.50 bits per heavy atom. The van der Waals surface area contributed by atoms with Crippen molar-refractivity contribution < 1.29 is 19.5 Å². The number of hydrogen-bond acceptors (Lipinski definition) is 4. The summed E-state index contributed by atoms with van der Waals surface area (Å²) in [5.74, 6) is -1.42. The van der Waals surface area contributed by atoms with Crippen molar-refractivity contribution in [3.63, 3.8) is 0 Å². The topological polar surface area (TPSA) is 83.6 Å². The Hall–Kier alpha value is -1.69. The van der Waals surface area contributed by atoms with Gasteiger partial charge in [-0.15, -0.1) is 0 Å². The summed E-state index contributed by atoms with van der Waals surface area (Å²) >= 11 is 0. The maximum atomic E-state index is 13.1. The fourth-order valence-electron chi connectivity index (χ4n) is 1.33. The van der Waals surface area contributed by atoms with E-state index in [1.807, 2.05) is 0 Å². The second-order valence-corrected chi connectivity index (χ2v) is 4.12. The maximum Gasteiger partial charge on any atom is 0.313 e. The maximum absolute atomic E-state index is 13.1. The fraction of sp³-hybridized carbons (Fsp3) is 0.400. The first-order valence-corrected chi connectivity index (χ1v) is 4.58. The number of rotatable bonds is 3. The van der Waals surface area contributed by atoms with E-state index in [4.69, 9.17) is 5.11 Å². The zero-order valence-corrected chi connectivity index (χ0v) is 8.90. The van der Waals surface area contributed by atoms with Crippen molar-refractivity contribution in [3.05, 3.63) is 33.6 Å². The highest BCUT2D eigenvalue weighted by atomic mass is 19.1. The van der Waals surface area contributed by atoms with Crippen LogP contribution < -0.4 is 0 Å². The van der Waals surface area contributed by atoms with Gasteiger partial charge in [0.1, 0.15) is 5.82 Å². The molecule has 0 bridgehead atoms. The molecule has 0 heterocycles. The number of aromatic hydroxyl groups is 1. The lowest BCUT2D eigenvalue weighted by Gasteiger charge is -2.22. The van der Waals surface area contributed by atoms with Gasteiger partial charge in [-0.05, 0) is 6.07 Å². The van der Waals surface area contributed by atoms with E-state index in [0.717, 1.165) is 6.07 Å². The van der Waals surface area contributed by atoms with Gasteiger partial charge in [0.25, 0.3) is 0 Å². The number of phenols is 1. The number of hydrogen-bond donors (Lipinski definition) is 2. The first-order chi connectivity index (χ1) is 7.29. The van der Waals surface area contributed by atoms with Crippen molar-refractivity contribution in [3.8, 4) is 5.75 Å². The molecule has 16 heavy (non-hydrogen) atoms. The van der Waals surface area contributed by atoms with Crippen LogP contribution in [0.25, 0.3) is 0 Å². The summed E-state index contributed by atoms with van der Waals surface area (Å²) in [4.78, 5) is 9.69. The largest absolute Gasteiger partial charge is 0.502 e. The molecule has 0 spiro atoms. The Morgan fingerprint density at radius 2 is 2.06 bits per heavy atom. The predicted molar refractivity (Wildman–Crippen MR) is 54.8 cm³/mol. The normalized spacial score (nSPS) is 11.5. The van der Waals surface area contributed by atoms with Gasteiger partial charge in [-0.25, -0.2) is 4.39 Å². The molecule has 0 aliphatic carbocycles. The van der Waals surface area contributed by atoms with E-state index in [-0.39, 0.29) is 12.2 Å². The van der Waals surface area contributed by atoms with E-state index in [0.29, 0.717) is 6.07 Å². The molecule has 0 unspecified atom stereocenters. The van der Waals surface area contributed by atoms with Crippen molar-refractivity contribution in [2.24, 2.45) is 0 Å². The van der Waals surface area contributed by atoms with Gasteiger partial charge in [0.05, 0.1) is 17.6 Å². The van der Waals surface area contributed by atoms with Gasteiger partial charge in [-0.3, -0.25) is 10.1 Å². The van der Waals surface area contributed by atoms with Gasteiger partial charge in [-0.2, -0.15) is 0 Å². The van der Waals surface area contributed by atoms with E-state index in [1.54, 1.807) is 13.8 Å². The van der Waals surface area contributed by atoms with Crippen molar-refractivity contribution >= 4 is 5.69 Å². The number of nitro groups is 1. The predicted octanol–water partition coefficient (Wildman–Crippen LogP) is 1.71. The molecule has 0 atom stereocenters. The number of aliphatic hydroxyl groups is 1. The first-order valence-electron chi connectivity index (χ1n) is 4.58. The van der Waals surface area contributed by atoms with Crippen molar-refractivity contribution in [2.75, 3.05) is 6.61 Å². The summed E-state index contributed by atoms with van der Waals surface area (Å²) in [6.45, 7) is 2.73. The van der Waals surface area contributed by atoms with Crippen LogP contribution in [0.1, 0.15) is 19.4 Å². The summed E-state index contributed by atoms with van der Waals surface area (Å²) in [5.41, 5.74) is -1.63. The molecule has 0 aliphatic rings. The van der Waals surface area contributed by atoms with E-state index in [2.05, 4.69) is 0 Å². The lowest BCUT2D eigenvalue weighted by Crippen LogP contribution is -2.22. The van der Waals surface area contributed by atoms with Crippen LogP contribution in [0.4, 0.5) is 10.1 Å². The molecule has 1 aromatic rings.